The highest BCUT2D eigenvalue weighted by molar-refractivity contribution is 5.72. The molecule has 0 saturated heterocycles. The van der Waals surface area contributed by atoms with Crippen molar-refractivity contribution in [2.24, 2.45) is 0 Å². The van der Waals surface area contributed by atoms with E-state index in [1.54, 1.807) is 12.1 Å². The van der Waals surface area contributed by atoms with Gasteiger partial charge in [-0.3, -0.25) is 9.36 Å². The molecule has 5 aromatic rings. The third-order valence-corrected chi connectivity index (χ3v) is 5.49. The van der Waals surface area contributed by atoms with Crippen molar-refractivity contribution >= 4 is 11.2 Å². The van der Waals surface area contributed by atoms with Crippen LogP contribution in [0.3, 0.4) is 0 Å². The first kappa shape index (κ1) is 22.4. The molecule has 0 spiro atoms. The SMILES string of the molecule is O=c1c2c(ncn2Cc2cccc(C(F)(F)F)c2)n(-c2ccc(F)cc2)c(=O)n1Cc1ccco1. The molecular weight excluding hydrogens is 468 g/mol. The molecule has 0 unspecified atom stereocenters. The molecule has 0 N–H and O–H groups in total. The van der Waals surface area contributed by atoms with Crippen molar-refractivity contribution in [2.75, 3.05) is 0 Å². The minimum atomic E-state index is -4.52. The summed E-state index contributed by atoms with van der Waals surface area (Å²) in [5.74, 6) is -0.171. The smallest absolute Gasteiger partial charge is 0.416 e. The molecule has 3 aromatic heterocycles. The largest absolute Gasteiger partial charge is 0.467 e. The zero-order chi connectivity index (χ0) is 24.7. The number of nitrogens with zero attached hydrogens (tertiary/aromatic N) is 4. The molecule has 0 aliphatic heterocycles. The van der Waals surface area contributed by atoms with Crippen LogP contribution in [-0.2, 0) is 19.3 Å². The number of hydrogen-bond donors (Lipinski definition) is 0. The van der Waals surface area contributed by atoms with Crippen molar-refractivity contribution in [3.8, 4) is 5.69 Å². The van der Waals surface area contributed by atoms with Gasteiger partial charge < -0.3 is 8.98 Å². The highest BCUT2D eigenvalue weighted by atomic mass is 19.4. The molecular formula is C24H16F4N4O3. The molecule has 178 valence electrons. The molecule has 0 amide bonds. The molecule has 0 atom stereocenters. The van der Waals surface area contributed by atoms with Gasteiger partial charge in [0.05, 0.1) is 30.4 Å². The third-order valence-electron chi connectivity index (χ3n) is 5.49. The zero-order valence-electron chi connectivity index (χ0n) is 17.9. The number of hydrogen-bond acceptors (Lipinski definition) is 4. The summed E-state index contributed by atoms with van der Waals surface area (Å²) in [5.41, 5.74) is -1.70. The van der Waals surface area contributed by atoms with E-state index in [9.17, 15) is 27.2 Å². The van der Waals surface area contributed by atoms with Crippen LogP contribution in [0.15, 0.2) is 87.3 Å². The second kappa shape index (κ2) is 8.42. The molecule has 0 fully saturated rings. The molecule has 35 heavy (non-hydrogen) atoms. The number of rotatable bonds is 5. The van der Waals surface area contributed by atoms with Crippen LogP contribution >= 0.6 is 0 Å². The van der Waals surface area contributed by atoms with Crippen molar-refractivity contribution in [2.45, 2.75) is 19.3 Å². The lowest BCUT2D eigenvalue weighted by Gasteiger charge is -2.13. The van der Waals surface area contributed by atoms with Crippen LogP contribution < -0.4 is 11.2 Å². The maximum absolute atomic E-state index is 13.5. The summed E-state index contributed by atoms with van der Waals surface area (Å²) in [6, 6.07) is 13.0. The maximum atomic E-state index is 13.5. The Balaban J connectivity index is 1.71. The van der Waals surface area contributed by atoms with Crippen molar-refractivity contribution in [1.29, 1.82) is 0 Å². The highest BCUT2D eigenvalue weighted by Gasteiger charge is 2.30. The van der Waals surface area contributed by atoms with Crippen molar-refractivity contribution in [1.82, 2.24) is 18.7 Å². The second-order valence-corrected chi connectivity index (χ2v) is 7.81. The Bertz CT molecular complexity index is 1630. The molecule has 0 bridgehead atoms. The van der Waals surface area contributed by atoms with Crippen LogP contribution in [0.5, 0.6) is 0 Å². The first-order valence-corrected chi connectivity index (χ1v) is 10.4. The van der Waals surface area contributed by atoms with Gasteiger partial charge in [-0.2, -0.15) is 13.2 Å². The fraction of sp³-hybridized carbons (Fsp3) is 0.125. The van der Waals surface area contributed by atoms with E-state index in [1.165, 1.54) is 41.4 Å². The Hall–Kier alpha value is -4.41. The van der Waals surface area contributed by atoms with Crippen molar-refractivity contribution < 1.29 is 22.0 Å². The molecule has 2 aromatic carbocycles. The first-order chi connectivity index (χ1) is 16.7. The van der Waals surface area contributed by atoms with E-state index in [0.717, 1.165) is 33.4 Å². The summed E-state index contributed by atoms with van der Waals surface area (Å²) in [4.78, 5) is 31.0. The van der Waals surface area contributed by atoms with Gasteiger partial charge >= 0.3 is 11.9 Å². The number of aromatic nitrogens is 4. The van der Waals surface area contributed by atoms with E-state index in [4.69, 9.17) is 4.42 Å². The van der Waals surface area contributed by atoms with Crippen LogP contribution in [0, 0.1) is 5.82 Å². The Labute approximate surface area is 194 Å². The lowest BCUT2D eigenvalue weighted by Crippen LogP contribution is -2.40. The average molecular weight is 484 g/mol. The predicted molar refractivity (Wildman–Crippen MR) is 118 cm³/mol. The van der Waals surface area contributed by atoms with E-state index in [0.29, 0.717) is 5.76 Å². The normalized spacial score (nSPS) is 11.9. The summed E-state index contributed by atoms with van der Waals surface area (Å²) in [7, 11) is 0. The standard InChI is InChI=1S/C24H16F4N4O3/c25-17-6-8-18(9-7-17)32-21-20(22(33)31(23(32)34)13-19-5-2-10-35-19)30(14-29-21)12-15-3-1-4-16(11-15)24(26,27)28/h1-11,14H,12-13H2. The monoisotopic (exact) mass is 484 g/mol. The van der Waals surface area contributed by atoms with Crippen molar-refractivity contribution in [3.05, 3.63) is 117 Å². The second-order valence-electron chi connectivity index (χ2n) is 7.81. The number of fused-ring (bicyclic) bond motifs is 1. The van der Waals surface area contributed by atoms with E-state index in [1.807, 2.05) is 0 Å². The molecule has 0 aliphatic carbocycles. The van der Waals surface area contributed by atoms with Crippen LogP contribution in [0.1, 0.15) is 16.9 Å². The van der Waals surface area contributed by atoms with Crippen LogP contribution in [0.25, 0.3) is 16.9 Å². The molecule has 0 radical (unpaired) electrons. The molecule has 5 rings (SSSR count). The van der Waals surface area contributed by atoms with E-state index in [2.05, 4.69) is 4.98 Å². The molecule has 0 aliphatic rings. The predicted octanol–water partition coefficient (Wildman–Crippen LogP) is 4.20. The maximum Gasteiger partial charge on any atom is 0.416 e. The van der Waals surface area contributed by atoms with Gasteiger partial charge in [0.15, 0.2) is 11.2 Å². The summed E-state index contributed by atoms with van der Waals surface area (Å²) >= 11 is 0. The van der Waals surface area contributed by atoms with Crippen LogP contribution in [0.4, 0.5) is 17.6 Å². The lowest BCUT2D eigenvalue weighted by molar-refractivity contribution is -0.137. The van der Waals surface area contributed by atoms with E-state index >= 15 is 0 Å². The first-order valence-electron chi connectivity index (χ1n) is 10.4. The summed E-state index contributed by atoms with van der Waals surface area (Å²) in [5, 5.41) is 0. The highest BCUT2D eigenvalue weighted by Crippen LogP contribution is 2.29. The number of imidazole rings is 1. The lowest BCUT2D eigenvalue weighted by atomic mass is 10.1. The van der Waals surface area contributed by atoms with Gasteiger partial charge in [-0.1, -0.05) is 12.1 Å². The minimum absolute atomic E-state index is 0.00195. The Morgan fingerprint density at radius 2 is 1.71 bits per heavy atom. The Morgan fingerprint density at radius 1 is 0.943 bits per heavy atom. The quantitative estimate of drug-likeness (QED) is 0.351. The fourth-order valence-corrected chi connectivity index (χ4v) is 3.86. The van der Waals surface area contributed by atoms with Gasteiger partial charge in [0.25, 0.3) is 5.56 Å². The number of benzene rings is 2. The summed E-state index contributed by atoms with van der Waals surface area (Å²) < 4.78 is 61.8. The van der Waals surface area contributed by atoms with Gasteiger partial charge in [0.1, 0.15) is 11.6 Å². The van der Waals surface area contributed by atoms with Crippen LogP contribution in [0.2, 0.25) is 0 Å². The molecule has 0 saturated carbocycles. The summed E-state index contributed by atoms with van der Waals surface area (Å²) in [6.07, 6.45) is -1.84. The van der Waals surface area contributed by atoms with Crippen molar-refractivity contribution in [3.63, 3.8) is 0 Å². The molecule has 7 nitrogen and oxygen atoms in total. The number of halogens is 4. The number of alkyl halides is 3. The topological polar surface area (TPSA) is 75.0 Å². The van der Waals surface area contributed by atoms with E-state index < -0.39 is 28.8 Å². The number of furan rings is 1. The third kappa shape index (κ3) is 4.16. The van der Waals surface area contributed by atoms with Gasteiger partial charge in [0, 0.05) is 6.54 Å². The molecule has 11 heteroatoms. The zero-order valence-corrected chi connectivity index (χ0v) is 17.9. The Morgan fingerprint density at radius 3 is 2.40 bits per heavy atom. The van der Waals surface area contributed by atoms with Gasteiger partial charge in [-0.15, -0.1) is 0 Å². The van der Waals surface area contributed by atoms with Gasteiger partial charge in [-0.25, -0.2) is 18.7 Å². The van der Waals surface area contributed by atoms with Crippen LogP contribution in [-0.4, -0.2) is 18.7 Å². The molecule has 3 heterocycles. The Kier molecular flexibility index (Phi) is 5.39. The minimum Gasteiger partial charge on any atom is -0.467 e. The van der Waals surface area contributed by atoms with Gasteiger partial charge in [0.2, 0.25) is 0 Å². The van der Waals surface area contributed by atoms with Gasteiger partial charge in [-0.05, 0) is 54.1 Å². The van der Waals surface area contributed by atoms with E-state index in [-0.39, 0.29) is 35.5 Å². The summed E-state index contributed by atoms with van der Waals surface area (Å²) in [6.45, 7) is -0.283. The fourth-order valence-electron chi connectivity index (χ4n) is 3.86. The average Bonchev–Trinajstić information content (AvgIpc) is 3.48.